The van der Waals surface area contributed by atoms with Crippen molar-refractivity contribution in [2.45, 2.75) is 39.7 Å². The molecule has 6 nitrogen and oxygen atoms in total. The first-order valence-corrected chi connectivity index (χ1v) is 7.82. The van der Waals surface area contributed by atoms with Crippen LogP contribution in [0.2, 0.25) is 0 Å². The number of carbonyl (C=O) groups excluding carboxylic acids is 1. The van der Waals surface area contributed by atoms with Crippen LogP contribution >= 0.6 is 11.6 Å². The Labute approximate surface area is 114 Å². The average Bonchev–Trinajstić information content (AvgIpc) is 2.21. The highest BCUT2D eigenvalue weighted by Crippen LogP contribution is 2.06. The van der Waals surface area contributed by atoms with Crippen molar-refractivity contribution in [3.05, 3.63) is 0 Å². The van der Waals surface area contributed by atoms with Crippen LogP contribution in [0.1, 0.15) is 33.6 Å². The lowest BCUT2D eigenvalue weighted by atomic mass is 10.1. The molecule has 0 aliphatic heterocycles. The molecule has 0 aromatic heterocycles. The number of ether oxygens (including phenoxy) is 1. The third-order valence-corrected chi connectivity index (χ3v) is 3.54. The minimum atomic E-state index is -3.84. The zero-order chi connectivity index (χ0) is 14.2. The van der Waals surface area contributed by atoms with Gasteiger partial charge < -0.3 is 4.74 Å². The molecule has 18 heavy (non-hydrogen) atoms. The average molecular weight is 301 g/mol. The van der Waals surface area contributed by atoms with Crippen LogP contribution < -0.4 is 9.44 Å². The van der Waals surface area contributed by atoms with E-state index in [1.54, 1.807) is 18.6 Å². The highest BCUT2D eigenvalue weighted by atomic mass is 35.5. The van der Waals surface area contributed by atoms with Crippen molar-refractivity contribution in [3.63, 3.8) is 0 Å². The Morgan fingerprint density at radius 3 is 2.44 bits per heavy atom. The minimum Gasteiger partial charge on any atom is -0.446 e. The van der Waals surface area contributed by atoms with Crippen LogP contribution in [-0.4, -0.2) is 33.0 Å². The number of alkyl halides is 1. The van der Waals surface area contributed by atoms with E-state index in [0.29, 0.717) is 18.2 Å². The molecule has 0 rings (SSSR count). The topological polar surface area (TPSA) is 84.5 Å². The second-order valence-electron chi connectivity index (χ2n) is 4.36. The molecule has 0 aliphatic rings. The summed E-state index contributed by atoms with van der Waals surface area (Å²) in [5.41, 5.74) is 0. The third kappa shape index (κ3) is 9.49. The quantitative estimate of drug-likeness (QED) is 0.527. The molecular formula is C10H21ClN2O4S. The van der Waals surface area contributed by atoms with E-state index in [1.807, 2.05) is 6.92 Å². The second-order valence-corrected chi connectivity index (χ2v) is 6.16. The molecule has 1 amide bonds. The Morgan fingerprint density at radius 2 is 1.94 bits per heavy atom. The van der Waals surface area contributed by atoms with E-state index in [0.717, 1.165) is 6.42 Å². The lowest BCUT2D eigenvalue weighted by Crippen LogP contribution is -2.41. The maximum absolute atomic E-state index is 11.4. The van der Waals surface area contributed by atoms with Crippen molar-refractivity contribution in [1.82, 2.24) is 9.44 Å². The van der Waals surface area contributed by atoms with Gasteiger partial charge in [0, 0.05) is 12.4 Å². The molecule has 0 aromatic carbocycles. The van der Waals surface area contributed by atoms with Gasteiger partial charge in [0.05, 0.1) is 6.10 Å². The summed E-state index contributed by atoms with van der Waals surface area (Å²) in [6.45, 7) is 5.51. The smallest absolute Gasteiger partial charge is 0.422 e. The normalized spacial score (nSPS) is 13.4. The van der Waals surface area contributed by atoms with Gasteiger partial charge in [-0.25, -0.2) is 9.52 Å². The Kier molecular flexibility index (Phi) is 8.30. The zero-order valence-electron chi connectivity index (χ0n) is 10.9. The summed E-state index contributed by atoms with van der Waals surface area (Å²) < 4.78 is 31.5. The largest absolute Gasteiger partial charge is 0.446 e. The fraction of sp³-hybridized carbons (Fsp3) is 0.900. The van der Waals surface area contributed by atoms with Crippen LogP contribution in [-0.2, 0) is 14.9 Å². The van der Waals surface area contributed by atoms with Crippen LogP contribution in [0, 0.1) is 5.92 Å². The zero-order valence-corrected chi connectivity index (χ0v) is 12.5. The highest BCUT2D eigenvalue weighted by molar-refractivity contribution is 7.88. The molecule has 0 bridgehead atoms. The monoisotopic (exact) mass is 300 g/mol. The molecule has 108 valence electrons. The van der Waals surface area contributed by atoms with Gasteiger partial charge in [-0.15, -0.1) is 11.6 Å². The fourth-order valence-corrected chi connectivity index (χ4v) is 2.03. The van der Waals surface area contributed by atoms with Gasteiger partial charge >= 0.3 is 16.3 Å². The van der Waals surface area contributed by atoms with E-state index in [9.17, 15) is 13.2 Å². The maximum atomic E-state index is 11.4. The summed E-state index contributed by atoms with van der Waals surface area (Å²) in [5, 5.41) is 0. The van der Waals surface area contributed by atoms with Gasteiger partial charge in [-0.3, -0.25) is 0 Å². The minimum absolute atomic E-state index is 0.255. The van der Waals surface area contributed by atoms with Gasteiger partial charge in [-0.1, -0.05) is 6.92 Å². The van der Waals surface area contributed by atoms with Gasteiger partial charge in [0.25, 0.3) is 0 Å². The molecule has 0 radical (unpaired) electrons. The van der Waals surface area contributed by atoms with Crippen LogP contribution in [0.4, 0.5) is 4.79 Å². The number of carbonyl (C=O) groups is 1. The first-order chi connectivity index (χ1) is 8.26. The lowest BCUT2D eigenvalue weighted by molar-refractivity contribution is 0.121. The van der Waals surface area contributed by atoms with Gasteiger partial charge in [0.2, 0.25) is 0 Å². The number of hydrogen-bond acceptors (Lipinski definition) is 4. The molecule has 0 aromatic rings. The van der Waals surface area contributed by atoms with Gasteiger partial charge in [0.1, 0.15) is 0 Å². The Balaban J connectivity index is 3.91. The number of amides is 1. The Hall–Kier alpha value is -0.530. The second kappa shape index (κ2) is 8.55. The summed E-state index contributed by atoms with van der Waals surface area (Å²) in [6.07, 6.45) is 0.132. The van der Waals surface area contributed by atoms with Crippen molar-refractivity contribution < 1.29 is 17.9 Å². The van der Waals surface area contributed by atoms with Gasteiger partial charge in [0.15, 0.2) is 0 Å². The summed E-state index contributed by atoms with van der Waals surface area (Å²) >= 11 is 5.63. The third-order valence-electron chi connectivity index (χ3n) is 1.99. The Bertz CT molecular complexity index is 346. The SMILES string of the molecule is CC(CCl)CCCNS(=O)(=O)NC(=O)OC(C)C. The van der Waals surface area contributed by atoms with Crippen LogP contribution in [0.15, 0.2) is 0 Å². The van der Waals surface area contributed by atoms with Crippen LogP contribution in [0.3, 0.4) is 0 Å². The summed E-state index contributed by atoms with van der Waals surface area (Å²) in [5.74, 6) is 0.890. The van der Waals surface area contributed by atoms with E-state index in [1.165, 1.54) is 0 Å². The molecule has 0 spiro atoms. The lowest BCUT2D eigenvalue weighted by Gasteiger charge is -2.11. The van der Waals surface area contributed by atoms with E-state index in [4.69, 9.17) is 11.6 Å². The van der Waals surface area contributed by atoms with Gasteiger partial charge in [-0.2, -0.15) is 13.1 Å². The molecule has 8 heteroatoms. The summed E-state index contributed by atoms with van der Waals surface area (Å²) in [4.78, 5) is 11.1. The van der Waals surface area contributed by atoms with E-state index >= 15 is 0 Å². The molecule has 0 heterocycles. The molecule has 1 atom stereocenters. The summed E-state index contributed by atoms with van der Waals surface area (Å²) in [6, 6.07) is 0. The summed E-state index contributed by atoms with van der Waals surface area (Å²) in [7, 11) is -3.84. The van der Waals surface area contributed by atoms with Gasteiger partial charge in [-0.05, 0) is 32.6 Å². The standard InChI is InChI=1S/C10H21ClN2O4S/c1-8(2)17-10(14)13-18(15,16)12-6-4-5-9(3)7-11/h8-9,12H,4-7H2,1-3H3,(H,13,14). The molecule has 1 unspecified atom stereocenters. The molecule has 0 saturated carbocycles. The number of nitrogens with one attached hydrogen (secondary N) is 2. The molecule has 0 fully saturated rings. The number of rotatable bonds is 8. The first kappa shape index (κ1) is 17.5. The van der Waals surface area contributed by atoms with Crippen LogP contribution in [0.25, 0.3) is 0 Å². The van der Waals surface area contributed by atoms with E-state index < -0.39 is 16.3 Å². The highest BCUT2D eigenvalue weighted by Gasteiger charge is 2.15. The number of hydrogen-bond donors (Lipinski definition) is 2. The van der Waals surface area contributed by atoms with E-state index in [2.05, 4.69) is 9.46 Å². The molecule has 0 saturated heterocycles. The van der Waals surface area contributed by atoms with Crippen molar-refractivity contribution >= 4 is 27.9 Å². The van der Waals surface area contributed by atoms with Crippen molar-refractivity contribution in [3.8, 4) is 0 Å². The van der Waals surface area contributed by atoms with Crippen molar-refractivity contribution in [2.24, 2.45) is 5.92 Å². The number of halogens is 1. The van der Waals surface area contributed by atoms with Crippen molar-refractivity contribution in [1.29, 1.82) is 0 Å². The Morgan fingerprint density at radius 1 is 1.33 bits per heavy atom. The molecular weight excluding hydrogens is 280 g/mol. The predicted octanol–water partition coefficient (Wildman–Crippen LogP) is 1.61. The van der Waals surface area contributed by atoms with E-state index in [-0.39, 0.29) is 12.6 Å². The van der Waals surface area contributed by atoms with Crippen molar-refractivity contribution in [2.75, 3.05) is 12.4 Å². The fourth-order valence-electron chi connectivity index (χ4n) is 1.12. The molecule has 2 N–H and O–H groups in total. The predicted molar refractivity (Wildman–Crippen MR) is 70.8 cm³/mol. The van der Waals surface area contributed by atoms with Crippen LogP contribution in [0.5, 0.6) is 0 Å². The maximum Gasteiger partial charge on any atom is 0.422 e. The molecule has 0 aliphatic carbocycles. The first-order valence-electron chi connectivity index (χ1n) is 5.80.